The van der Waals surface area contributed by atoms with Gasteiger partial charge in [0.05, 0.1) is 0 Å². The molecule has 4 heteroatoms. The minimum absolute atomic E-state index is 0. The first-order chi connectivity index (χ1) is 10.8. The summed E-state index contributed by atoms with van der Waals surface area (Å²) in [5.41, 5.74) is 0. The first-order valence-electron chi connectivity index (χ1n) is 9.44. The number of ether oxygens (including phenoxy) is 1. The van der Waals surface area contributed by atoms with Crippen LogP contribution in [0.15, 0.2) is 0 Å². The maximum absolute atomic E-state index is 10.9. The fourth-order valence-corrected chi connectivity index (χ4v) is 2.75. The third-order valence-electron chi connectivity index (χ3n) is 4.16. The number of carbonyl (C=O) groups excluding carboxylic acids is 2. The van der Waals surface area contributed by atoms with Crippen LogP contribution in [0.4, 0.5) is 0 Å². The van der Waals surface area contributed by atoms with E-state index in [1.807, 2.05) is 0 Å². The molecule has 0 aliphatic heterocycles. The summed E-state index contributed by atoms with van der Waals surface area (Å²) in [6.45, 7) is 2.48. The van der Waals surface area contributed by atoms with E-state index < -0.39 is 5.97 Å². The van der Waals surface area contributed by atoms with Crippen LogP contribution in [-0.2, 0) is 14.3 Å². The molecule has 23 heavy (non-hydrogen) atoms. The van der Waals surface area contributed by atoms with Crippen LogP contribution in [0.25, 0.3) is 0 Å². The molecule has 0 heterocycles. The Kier molecular flexibility index (Phi) is 25.0. The Morgan fingerprint density at radius 1 is 0.696 bits per heavy atom. The quantitative estimate of drug-likeness (QED) is 0.121. The molecule has 3 nitrogen and oxygen atoms in total. The van der Waals surface area contributed by atoms with Crippen LogP contribution in [0.3, 0.4) is 0 Å². The van der Waals surface area contributed by atoms with Gasteiger partial charge in [-0.2, -0.15) is 0 Å². The van der Waals surface area contributed by atoms with Gasteiger partial charge in [0.25, 0.3) is 0 Å². The summed E-state index contributed by atoms with van der Waals surface area (Å²) in [5, 5.41) is 0. The fourth-order valence-electron chi connectivity index (χ4n) is 2.75. The summed E-state index contributed by atoms with van der Waals surface area (Å²) in [4.78, 5) is 20.9. The van der Waals surface area contributed by atoms with Gasteiger partial charge in [-0.3, -0.25) is 9.59 Å². The number of rotatable bonds is 17. The van der Waals surface area contributed by atoms with Gasteiger partial charge < -0.3 is 4.74 Å². The zero-order chi connectivity index (χ0) is 16.3. The molecular weight excluding hydrogens is 316 g/mol. The van der Waals surface area contributed by atoms with Gasteiger partial charge >= 0.3 is 50.2 Å². The molecule has 0 rings (SSSR count). The molecule has 0 saturated heterocycles. The van der Waals surface area contributed by atoms with Crippen LogP contribution >= 0.6 is 0 Å². The van der Waals surface area contributed by atoms with E-state index >= 15 is 0 Å². The number of hydrogen-bond acceptors (Lipinski definition) is 3. The molecule has 0 aliphatic rings. The number of unbranched alkanes of at least 4 members (excludes halogenated alkanes) is 14. The number of carbonyl (C=O) groups is 2. The second kappa shape index (κ2) is 22.4. The van der Waals surface area contributed by atoms with Crippen LogP contribution in [-0.4, -0.2) is 50.2 Å². The predicted octanol–water partition coefficient (Wildman–Crippen LogP) is 5.03. The van der Waals surface area contributed by atoms with E-state index in [0.29, 0.717) is 6.42 Å². The Balaban J connectivity index is 0. The van der Waals surface area contributed by atoms with Crippen molar-refractivity contribution in [1.29, 1.82) is 0 Å². The summed E-state index contributed by atoms with van der Waals surface area (Å²) in [6.07, 6.45) is 20.0. The van der Waals surface area contributed by atoms with E-state index in [1.165, 1.54) is 83.5 Å². The summed E-state index contributed by atoms with van der Waals surface area (Å²) < 4.78 is 4.24. The maximum atomic E-state index is 10.9. The molecule has 0 spiro atoms. The zero-order valence-electron chi connectivity index (χ0n) is 14.6. The topological polar surface area (TPSA) is 43.4 Å². The summed E-state index contributed by atoms with van der Waals surface area (Å²) >= 11 is 0. The van der Waals surface area contributed by atoms with Gasteiger partial charge in [-0.1, -0.05) is 96.8 Å². The molecule has 0 N–H and O–H groups in total. The zero-order valence-corrected chi connectivity index (χ0v) is 14.6. The van der Waals surface area contributed by atoms with E-state index in [2.05, 4.69) is 11.7 Å². The van der Waals surface area contributed by atoms with Gasteiger partial charge in [0.15, 0.2) is 0 Å². The Morgan fingerprint density at radius 3 is 1.39 bits per heavy atom. The molecule has 134 valence electrons. The second-order valence-electron chi connectivity index (χ2n) is 6.29. The van der Waals surface area contributed by atoms with Crippen LogP contribution in [0.5, 0.6) is 0 Å². The molecule has 0 aliphatic carbocycles. The van der Waals surface area contributed by atoms with Gasteiger partial charge in [0.2, 0.25) is 0 Å². The minimum atomic E-state index is -0.398. The van der Waals surface area contributed by atoms with E-state index in [0.717, 1.165) is 12.8 Å². The Morgan fingerprint density at radius 2 is 1.04 bits per heavy atom. The number of esters is 1. The first kappa shape index (κ1) is 25.6. The van der Waals surface area contributed by atoms with E-state index in [9.17, 15) is 9.59 Å². The predicted molar refractivity (Wildman–Crippen MR) is 100 cm³/mol. The number of hydrogen-bond donors (Lipinski definition) is 0. The summed E-state index contributed by atoms with van der Waals surface area (Å²) in [5.74, 6) is -0.398. The average molecular weight is 355 g/mol. The second-order valence-corrected chi connectivity index (χ2v) is 6.29. The molecule has 0 unspecified atom stereocenters. The Bertz CT molecular complexity index is 257. The normalized spacial score (nSPS) is 10.1. The van der Waals surface area contributed by atoms with Crippen LogP contribution in [0, 0.1) is 0 Å². The first-order valence-corrected chi connectivity index (χ1v) is 9.44. The monoisotopic (exact) mass is 354 g/mol. The molecule has 0 aromatic heterocycles. The molecule has 0 bridgehead atoms. The molecule has 0 saturated carbocycles. The fraction of sp³-hybridized carbons (Fsp3) is 0.895. The molecule has 0 aromatic carbocycles. The molecule has 0 aromatic rings. The standard InChI is InChI=1S/C19H36O3.Ca.2H/c1-2-3-4-5-6-7-8-9-10-11-12-13-14-15-16-17-19(21)22-18-20;;;/h18H,2-17H2,1H3;;;. The van der Waals surface area contributed by atoms with Gasteiger partial charge in [-0.15, -0.1) is 0 Å². The van der Waals surface area contributed by atoms with Crippen LogP contribution in [0.1, 0.15) is 110 Å². The SMILES string of the molecule is CCCCCCCCCCCCCCCCCC(=O)OC=O.[CaH2]. The molecule has 0 amide bonds. The molecule has 0 atom stereocenters. The Hall–Kier alpha value is 0.400. The van der Waals surface area contributed by atoms with Crippen molar-refractivity contribution in [1.82, 2.24) is 0 Å². The third-order valence-corrected chi connectivity index (χ3v) is 4.16. The van der Waals surface area contributed by atoms with E-state index in [1.54, 1.807) is 0 Å². The van der Waals surface area contributed by atoms with E-state index in [-0.39, 0.29) is 44.2 Å². The molecule has 0 radical (unpaired) electrons. The average Bonchev–Trinajstić information content (AvgIpc) is 2.51. The summed E-state index contributed by atoms with van der Waals surface area (Å²) in [7, 11) is 0. The molecule has 0 fully saturated rings. The van der Waals surface area contributed by atoms with Crippen molar-refractivity contribution in [3.63, 3.8) is 0 Å². The van der Waals surface area contributed by atoms with Crippen molar-refractivity contribution in [2.75, 3.05) is 0 Å². The van der Waals surface area contributed by atoms with Crippen molar-refractivity contribution in [3.8, 4) is 0 Å². The van der Waals surface area contributed by atoms with Crippen LogP contribution < -0.4 is 0 Å². The van der Waals surface area contributed by atoms with Crippen molar-refractivity contribution >= 4 is 50.2 Å². The van der Waals surface area contributed by atoms with Gasteiger partial charge in [-0.25, -0.2) is 0 Å². The van der Waals surface area contributed by atoms with Crippen LogP contribution in [0.2, 0.25) is 0 Å². The van der Waals surface area contributed by atoms with Gasteiger partial charge in [0.1, 0.15) is 0 Å². The van der Waals surface area contributed by atoms with Crippen molar-refractivity contribution in [3.05, 3.63) is 0 Å². The Labute approximate surface area is 173 Å². The molecular formula is C19H38CaO3. The van der Waals surface area contributed by atoms with Gasteiger partial charge in [-0.05, 0) is 6.42 Å². The van der Waals surface area contributed by atoms with Crippen molar-refractivity contribution in [2.24, 2.45) is 0 Å². The summed E-state index contributed by atoms with van der Waals surface area (Å²) in [6, 6.07) is 0. The van der Waals surface area contributed by atoms with Gasteiger partial charge in [0, 0.05) is 6.42 Å². The van der Waals surface area contributed by atoms with Crippen molar-refractivity contribution in [2.45, 2.75) is 110 Å². The third kappa shape index (κ3) is 22.4. The van der Waals surface area contributed by atoms with Crippen molar-refractivity contribution < 1.29 is 14.3 Å². The van der Waals surface area contributed by atoms with E-state index in [4.69, 9.17) is 0 Å².